The summed E-state index contributed by atoms with van der Waals surface area (Å²) in [5, 5.41) is 0. The van der Waals surface area contributed by atoms with E-state index in [9.17, 15) is 0 Å². The smallest absolute Gasteiger partial charge is 0.133 e. The predicted molar refractivity (Wildman–Crippen MR) is 117 cm³/mol. The van der Waals surface area contributed by atoms with Gasteiger partial charge in [-0.1, -0.05) is 12.1 Å². The molecule has 0 saturated carbocycles. The van der Waals surface area contributed by atoms with Gasteiger partial charge in [0.25, 0.3) is 0 Å². The molecule has 0 N–H and O–H groups in total. The van der Waals surface area contributed by atoms with E-state index in [4.69, 9.17) is 4.74 Å². The SMILES string of the molecule is CCN(CC)c1ccc2c(c1)Oc1cc(N(CC)CC)ccc1C2.Cl.Cl. The van der Waals surface area contributed by atoms with Gasteiger partial charge >= 0.3 is 0 Å². The molecule has 26 heavy (non-hydrogen) atoms. The quantitative estimate of drug-likeness (QED) is 0.514. The molecule has 0 spiro atoms. The largest absolute Gasteiger partial charge is 0.457 e. The summed E-state index contributed by atoms with van der Waals surface area (Å²) in [5.74, 6) is 2.01. The lowest BCUT2D eigenvalue weighted by Gasteiger charge is -2.27. The molecular formula is C21H30Cl2N2O. The van der Waals surface area contributed by atoms with Gasteiger partial charge in [0.15, 0.2) is 0 Å². The zero-order chi connectivity index (χ0) is 17.1. The van der Waals surface area contributed by atoms with E-state index in [1.165, 1.54) is 22.5 Å². The molecule has 0 atom stereocenters. The number of nitrogens with zero attached hydrogens (tertiary/aromatic N) is 2. The van der Waals surface area contributed by atoms with Crippen LogP contribution in [0.5, 0.6) is 11.5 Å². The second kappa shape index (κ2) is 9.94. The molecule has 3 rings (SSSR count). The molecule has 0 radical (unpaired) electrons. The highest BCUT2D eigenvalue weighted by molar-refractivity contribution is 5.85. The van der Waals surface area contributed by atoms with Crippen LogP contribution >= 0.6 is 24.8 Å². The first-order chi connectivity index (χ1) is 11.7. The first-order valence-electron chi connectivity index (χ1n) is 9.13. The van der Waals surface area contributed by atoms with Crippen LogP contribution in [0, 0.1) is 0 Å². The maximum absolute atomic E-state index is 6.28. The lowest BCUT2D eigenvalue weighted by Crippen LogP contribution is -2.22. The van der Waals surface area contributed by atoms with Crippen molar-refractivity contribution in [2.45, 2.75) is 34.1 Å². The van der Waals surface area contributed by atoms with Crippen molar-refractivity contribution in [3.05, 3.63) is 47.5 Å². The number of hydrogen-bond acceptors (Lipinski definition) is 3. The van der Waals surface area contributed by atoms with Crippen LogP contribution in [0.1, 0.15) is 38.8 Å². The monoisotopic (exact) mass is 396 g/mol. The molecule has 3 nitrogen and oxygen atoms in total. The van der Waals surface area contributed by atoms with Crippen molar-refractivity contribution in [3.63, 3.8) is 0 Å². The molecule has 1 aliphatic rings. The Morgan fingerprint density at radius 2 is 1.08 bits per heavy atom. The zero-order valence-corrected chi connectivity index (χ0v) is 17.8. The minimum atomic E-state index is 0. The van der Waals surface area contributed by atoms with Crippen molar-refractivity contribution in [3.8, 4) is 11.5 Å². The molecule has 0 amide bonds. The van der Waals surface area contributed by atoms with E-state index in [0.717, 1.165) is 44.1 Å². The molecule has 0 bridgehead atoms. The Hall–Kier alpha value is -1.58. The van der Waals surface area contributed by atoms with Gasteiger partial charge in [-0.2, -0.15) is 0 Å². The van der Waals surface area contributed by atoms with E-state index >= 15 is 0 Å². The Bertz CT molecular complexity index is 654. The zero-order valence-electron chi connectivity index (χ0n) is 16.1. The normalized spacial score (nSPS) is 11.2. The van der Waals surface area contributed by atoms with Crippen LogP contribution in [0.2, 0.25) is 0 Å². The Morgan fingerprint density at radius 3 is 1.42 bits per heavy atom. The summed E-state index contributed by atoms with van der Waals surface area (Å²) in [7, 11) is 0. The summed E-state index contributed by atoms with van der Waals surface area (Å²) in [4.78, 5) is 4.71. The predicted octanol–water partition coefficient (Wildman–Crippen LogP) is 5.92. The van der Waals surface area contributed by atoms with Gasteiger partial charge in [0, 0.05) is 56.1 Å². The lowest BCUT2D eigenvalue weighted by molar-refractivity contribution is 0.460. The minimum Gasteiger partial charge on any atom is -0.457 e. The van der Waals surface area contributed by atoms with E-state index in [0.29, 0.717) is 0 Å². The third-order valence-electron chi connectivity index (χ3n) is 4.96. The molecule has 144 valence electrons. The Labute approximate surface area is 170 Å². The van der Waals surface area contributed by atoms with Crippen LogP contribution < -0.4 is 14.5 Å². The number of ether oxygens (including phenoxy) is 1. The highest BCUT2D eigenvalue weighted by atomic mass is 35.5. The standard InChI is InChI=1S/C21H28N2O.2ClH/c1-5-22(6-2)18-11-9-16-13-17-10-12-19(23(7-3)8-4)15-21(17)24-20(16)14-18;;/h9-12,14-15H,5-8,13H2,1-4H3;2*1H. The molecule has 0 saturated heterocycles. The van der Waals surface area contributed by atoms with Crippen molar-refractivity contribution in [1.82, 2.24) is 0 Å². The number of halogens is 2. The molecule has 0 fully saturated rings. The fraction of sp³-hybridized carbons (Fsp3) is 0.429. The summed E-state index contributed by atoms with van der Waals surface area (Å²) in [5.41, 5.74) is 5.02. The highest BCUT2D eigenvalue weighted by Crippen LogP contribution is 2.40. The van der Waals surface area contributed by atoms with Gasteiger partial charge < -0.3 is 14.5 Å². The van der Waals surface area contributed by atoms with E-state index < -0.39 is 0 Å². The number of rotatable bonds is 6. The van der Waals surface area contributed by atoms with Crippen molar-refractivity contribution in [1.29, 1.82) is 0 Å². The third-order valence-corrected chi connectivity index (χ3v) is 4.96. The summed E-state index contributed by atoms with van der Waals surface area (Å²) in [6.07, 6.45) is 0.946. The fourth-order valence-electron chi connectivity index (χ4n) is 3.46. The summed E-state index contributed by atoms with van der Waals surface area (Å²) in [6.45, 7) is 12.8. The first-order valence-corrected chi connectivity index (χ1v) is 9.13. The van der Waals surface area contributed by atoms with E-state index in [1.807, 2.05) is 0 Å². The van der Waals surface area contributed by atoms with Gasteiger partial charge in [-0.25, -0.2) is 0 Å². The molecule has 2 aromatic carbocycles. The van der Waals surface area contributed by atoms with Gasteiger partial charge in [0.1, 0.15) is 11.5 Å². The van der Waals surface area contributed by atoms with Crippen LogP contribution in [0.15, 0.2) is 36.4 Å². The topological polar surface area (TPSA) is 15.7 Å². The van der Waals surface area contributed by atoms with E-state index in [2.05, 4.69) is 73.9 Å². The Kier molecular flexibility index (Phi) is 8.58. The maximum Gasteiger partial charge on any atom is 0.133 e. The van der Waals surface area contributed by atoms with Gasteiger partial charge in [-0.3, -0.25) is 0 Å². The number of benzene rings is 2. The fourth-order valence-corrected chi connectivity index (χ4v) is 3.46. The van der Waals surface area contributed by atoms with E-state index in [-0.39, 0.29) is 24.8 Å². The summed E-state index contributed by atoms with van der Waals surface area (Å²) in [6, 6.07) is 13.2. The minimum absolute atomic E-state index is 0. The number of hydrogen-bond donors (Lipinski definition) is 0. The molecule has 5 heteroatoms. The Balaban J connectivity index is 0.00000169. The molecule has 0 aliphatic carbocycles. The van der Waals surface area contributed by atoms with Crippen molar-refractivity contribution in [2.75, 3.05) is 36.0 Å². The molecular weight excluding hydrogens is 367 g/mol. The maximum atomic E-state index is 6.28. The van der Waals surface area contributed by atoms with Gasteiger partial charge in [-0.15, -0.1) is 24.8 Å². The van der Waals surface area contributed by atoms with Gasteiger partial charge in [-0.05, 0) is 51.0 Å². The average molecular weight is 397 g/mol. The van der Waals surface area contributed by atoms with Crippen LogP contribution in [-0.2, 0) is 6.42 Å². The molecule has 0 aromatic heterocycles. The second-order valence-electron chi connectivity index (χ2n) is 6.21. The Morgan fingerprint density at radius 1 is 0.692 bits per heavy atom. The van der Waals surface area contributed by atoms with Gasteiger partial charge in [0.2, 0.25) is 0 Å². The average Bonchev–Trinajstić information content (AvgIpc) is 2.62. The molecule has 1 heterocycles. The number of anilines is 2. The second-order valence-corrected chi connectivity index (χ2v) is 6.21. The van der Waals surface area contributed by atoms with Crippen LogP contribution in [0.4, 0.5) is 11.4 Å². The van der Waals surface area contributed by atoms with Crippen LogP contribution in [0.25, 0.3) is 0 Å². The van der Waals surface area contributed by atoms with Crippen molar-refractivity contribution in [2.24, 2.45) is 0 Å². The van der Waals surface area contributed by atoms with Crippen molar-refractivity contribution >= 4 is 36.2 Å². The lowest BCUT2D eigenvalue weighted by atomic mass is 9.99. The number of fused-ring (bicyclic) bond motifs is 2. The first kappa shape index (κ1) is 22.5. The summed E-state index contributed by atoms with van der Waals surface area (Å²) >= 11 is 0. The molecule has 1 aliphatic heterocycles. The van der Waals surface area contributed by atoms with Crippen LogP contribution in [0.3, 0.4) is 0 Å². The summed E-state index contributed by atoms with van der Waals surface area (Å²) < 4.78 is 6.28. The molecule has 0 unspecified atom stereocenters. The van der Waals surface area contributed by atoms with Crippen molar-refractivity contribution < 1.29 is 4.74 Å². The molecule has 2 aromatic rings. The third kappa shape index (κ3) is 4.39. The van der Waals surface area contributed by atoms with E-state index in [1.54, 1.807) is 0 Å². The highest BCUT2D eigenvalue weighted by Gasteiger charge is 2.19. The van der Waals surface area contributed by atoms with Crippen LogP contribution in [-0.4, -0.2) is 26.2 Å². The van der Waals surface area contributed by atoms with Gasteiger partial charge in [0.05, 0.1) is 0 Å².